The van der Waals surface area contributed by atoms with Crippen molar-refractivity contribution >= 4 is 42.9 Å². The van der Waals surface area contributed by atoms with Crippen LogP contribution in [0.3, 0.4) is 0 Å². The molecule has 0 fully saturated rings. The molecule has 0 aliphatic carbocycles. The molecule has 0 amide bonds. The van der Waals surface area contributed by atoms with E-state index in [9.17, 15) is 0 Å². The summed E-state index contributed by atoms with van der Waals surface area (Å²) >= 11 is 1.89. The molecule has 0 spiro atoms. The van der Waals surface area contributed by atoms with Crippen molar-refractivity contribution in [2.45, 2.75) is 39.0 Å². The molecule has 0 aliphatic heterocycles. The summed E-state index contributed by atoms with van der Waals surface area (Å²) in [5, 5.41) is 2.70. The summed E-state index contributed by atoms with van der Waals surface area (Å²) in [4.78, 5) is 2.27. The largest absolute Gasteiger partial charge is 0.345 e. The number of benzene rings is 4. The van der Waals surface area contributed by atoms with Crippen LogP contribution in [0.4, 0.5) is 11.4 Å². The standard InChI is InChI=1S/C31H31NS/c1-5-31(3,6-2)23-16-20-25(21-17-23)32(4)24-18-14-22(15-19-24)26-11-9-12-28-27-10-7-8-13-29(27)33-30(26)28/h7-21H,5-6H2,1-4H3. The molecule has 0 saturated carbocycles. The van der Waals surface area contributed by atoms with E-state index in [-0.39, 0.29) is 5.41 Å². The smallest absolute Gasteiger partial charge is 0.0433 e. The molecule has 1 heterocycles. The normalized spacial score (nSPS) is 11.9. The van der Waals surface area contributed by atoms with E-state index >= 15 is 0 Å². The van der Waals surface area contributed by atoms with Gasteiger partial charge < -0.3 is 4.90 Å². The van der Waals surface area contributed by atoms with Gasteiger partial charge in [0.1, 0.15) is 0 Å². The SMILES string of the molecule is CCC(C)(CC)c1ccc(N(C)c2ccc(-c3cccc4c3sc3ccccc34)cc2)cc1. The van der Waals surface area contributed by atoms with Crippen LogP contribution >= 0.6 is 11.3 Å². The van der Waals surface area contributed by atoms with Gasteiger partial charge in [-0.1, -0.05) is 81.4 Å². The van der Waals surface area contributed by atoms with Crippen molar-refractivity contribution in [3.8, 4) is 11.1 Å². The number of anilines is 2. The van der Waals surface area contributed by atoms with Crippen molar-refractivity contribution in [2.24, 2.45) is 0 Å². The molecule has 0 radical (unpaired) electrons. The molecule has 0 N–H and O–H groups in total. The third-order valence-corrected chi connectivity index (χ3v) is 8.70. The lowest BCUT2D eigenvalue weighted by molar-refractivity contribution is 0.439. The lowest BCUT2D eigenvalue weighted by atomic mass is 9.78. The molecule has 1 nitrogen and oxygen atoms in total. The van der Waals surface area contributed by atoms with Gasteiger partial charge in [-0.2, -0.15) is 0 Å². The van der Waals surface area contributed by atoms with Gasteiger partial charge in [-0.15, -0.1) is 11.3 Å². The molecule has 0 unspecified atom stereocenters. The first kappa shape index (κ1) is 21.7. The second-order valence-electron chi connectivity index (χ2n) is 9.20. The zero-order valence-electron chi connectivity index (χ0n) is 19.9. The zero-order valence-corrected chi connectivity index (χ0v) is 20.7. The lowest BCUT2D eigenvalue weighted by Crippen LogP contribution is -2.19. The minimum atomic E-state index is 0.256. The van der Waals surface area contributed by atoms with E-state index in [1.807, 2.05) is 11.3 Å². The van der Waals surface area contributed by atoms with Crippen molar-refractivity contribution < 1.29 is 0 Å². The molecule has 0 saturated heterocycles. The maximum atomic E-state index is 2.36. The number of nitrogens with zero attached hydrogens (tertiary/aromatic N) is 1. The predicted octanol–water partition coefficient (Wildman–Crippen LogP) is 9.57. The van der Waals surface area contributed by atoms with Gasteiger partial charge in [0.15, 0.2) is 0 Å². The molecule has 166 valence electrons. The van der Waals surface area contributed by atoms with E-state index in [0.29, 0.717) is 0 Å². The van der Waals surface area contributed by atoms with Gasteiger partial charge in [0.05, 0.1) is 0 Å². The second-order valence-corrected chi connectivity index (χ2v) is 10.3. The van der Waals surface area contributed by atoms with Gasteiger partial charge >= 0.3 is 0 Å². The summed E-state index contributed by atoms with van der Waals surface area (Å²) in [5.74, 6) is 0. The molecule has 5 rings (SSSR count). The van der Waals surface area contributed by atoms with E-state index in [1.54, 1.807) is 0 Å². The molecule has 0 aliphatic rings. The Hall–Kier alpha value is -3.10. The van der Waals surface area contributed by atoms with Crippen LogP contribution in [0, 0.1) is 0 Å². The van der Waals surface area contributed by atoms with Crippen molar-refractivity contribution in [1.29, 1.82) is 0 Å². The Bertz CT molecular complexity index is 1390. The van der Waals surface area contributed by atoms with Crippen LogP contribution in [0.25, 0.3) is 31.3 Å². The Labute approximate surface area is 201 Å². The van der Waals surface area contributed by atoms with Crippen LogP contribution < -0.4 is 4.90 Å². The number of rotatable bonds is 6. The summed E-state index contributed by atoms with van der Waals surface area (Å²) in [6.07, 6.45) is 2.32. The Balaban J connectivity index is 1.44. The summed E-state index contributed by atoms with van der Waals surface area (Å²) in [6.45, 7) is 6.93. The van der Waals surface area contributed by atoms with Crippen LogP contribution in [-0.2, 0) is 5.41 Å². The van der Waals surface area contributed by atoms with Gasteiger partial charge in [0.2, 0.25) is 0 Å². The monoisotopic (exact) mass is 449 g/mol. The lowest BCUT2D eigenvalue weighted by Gasteiger charge is -2.28. The number of hydrogen-bond donors (Lipinski definition) is 0. The van der Waals surface area contributed by atoms with Gasteiger partial charge in [0, 0.05) is 38.6 Å². The first-order valence-electron chi connectivity index (χ1n) is 11.9. The van der Waals surface area contributed by atoms with E-state index in [4.69, 9.17) is 0 Å². The minimum Gasteiger partial charge on any atom is -0.345 e. The summed E-state index contributed by atoms with van der Waals surface area (Å²) in [7, 11) is 2.15. The van der Waals surface area contributed by atoms with E-state index in [0.717, 1.165) is 12.8 Å². The average molecular weight is 450 g/mol. The molecule has 0 atom stereocenters. The zero-order chi connectivity index (χ0) is 23.0. The fourth-order valence-electron chi connectivity index (χ4n) is 4.73. The maximum absolute atomic E-state index is 2.36. The number of fused-ring (bicyclic) bond motifs is 3. The Kier molecular flexibility index (Phi) is 5.72. The van der Waals surface area contributed by atoms with E-state index in [2.05, 4.69) is 124 Å². The third-order valence-electron chi connectivity index (χ3n) is 7.48. The fourth-order valence-corrected chi connectivity index (χ4v) is 5.97. The highest BCUT2D eigenvalue weighted by molar-refractivity contribution is 7.26. The Morgan fingerprint density at radius 1 is 0.697 bits per heavy atom. The van der Waals surface area contributed by atoms with Crippen LogP contribution in [0.2, 0.25) is 0 Å². The van der Waals surface area contributed by atoms with Crippen molar-refractivity contribution in [3.05, 3.63) is 96.6 Å². The predicted molar refractivity (Wildman–Crippen MR) is 147 cm³/mol. The molecule has 1 aromatic heterocycles. The second kappa shape index (κ2) is 8.68. The van der Waals surface area contributed by atoms with Gasteiger partial charge in [-0.3, -0.25) is 0 Å². The van der Waals surface area contributed by atoms with Crippen LogP contribution in [0.5, 0.6) is 0 Å². The maximum Gasteiger partial charge on any atom is 0.0433 e. The van der Waals surface area contributed by atoms with Crippen LogP contribution in [-0.4, -0.2) is 7.05 Å². The van der Waals surface area contributed by atoms with Gasteiger partial charge in [-0.05, 0) is 65.3 Å². The summed E-state index contributed by atoms with van der Waals surface area (Å²) < 4.78 is 2.72. The summed E-state index contributed by atoms with van der Waals surface area (Å²) in [5.41, 5.74) is 6.67. The molecule has 5 aromatic rings. The molecule has 0 bridgehead atoms. The van der Waals surface area contributed by atoms with Crippen LogP contribution in [0.1, 0.15) is 39.2 Å². The molecule has 33 heavy (non-hydrogen) atoms. The number of thiophene rings is 1. The highest BCUT2D eigenvalue weighted by Gasteiger charge is 2.22. The molecular weight excluding hydrogens is 418 g/mol. The van der Waals surface area contributed by atoms with Crippen molar-refractivity contribution in [2.75, 3.05) is 11.9 Å². The Morgan fingerprint density at radius 3 is 1.97 bits per heavy atom. The topological polar surface area (TPSA) is 3.24 Å². The highest BCUT2D eigenvalue weighted by Crippen LogP contribution is 2.40. The minimum absolute atomic E-state index is 0.256. The molecular formula is C31H31NS. The van der Waals surface area contributed by atoms with Gasteiger partial charge in [0.25, 0.3) is 0 Å². The van der Waals surface area contributed by atoms with E-state index < -0.39 is 0 Å². The Morgan fingerprint density at radius 2 is 1.30 bits per heavy atom. The van der Waals surface area contributed by atoms with Crippen molar-refractivity contribution in [3.63, 3.8) is 0 Å². The van der Waals surface area contributed by atoms with E-state index in [1.165, 1.54) is 48.2 Å². The fraction of sp³-hybridized carbons (Fsp3) is 0.226. The third kappa shape index (κ3) is 3.83. The molecule has 2 heteroatoms. The first-order valence-corrected chi connectivity index (χ1v) is 12.7. The first-order chi connectivity index (χ1) is 16.0. The van der Waals surface area contributed by atoms with Gasteiger partial charge in [-0.25, -0.2) is 0 Å². The molecule has 4 aromatic carbocycles. The summed E-state index contributed by atoms with van der Waals surface area (Å²) in [6, 6.07) is 33.5. The van der Waals surface area contributed by atoms with Crippen molar-refractivity contribution in [1.82, 2.24) is 0 Å². The average Bonchev–Trinajstić information content (AvgIpc) is 3.27. The highest BCUT2D eigenvalue weighted by atomic mass is 32.1. The number of hydrogen-bond acceptors (Lipinski definition) is 2. The quantitative estimate of drug-likeness (QED) is 0.249. The van der Waals surface area contributed by atoms with Crippen LogP contribution in [0.15, 0.2) is 91.0 Å².